The number of aromatic nitrogens is 1. The van der Waals surface area contributed by atoms with Crippen molar-refractivity contribution in [2.45, 2.75) is 130 Å². The maximum Gasteiger partial charge on any atom is 0.253 e. The average molecular weight is 609 g/mol. The zero-order chi connectivity index (χ0) is 31.7. The lowest BCUT2D eigenvalue weighted by Gasteiger charge is -2.47. The molecule has 9 nitrogen and oxygen atoms in total. The van der Waals surface area contributed by atoms with E-state index < -0.39 is 0 Å². The van der Waals surface area contributed by atoms with Crippen LogP contribution in [0.1, 0.15) is 93.0 Å². The molecule has 0 radical (unpaired) electrons. The van der Waals surface area contributed by atoms with Crippen LogP contribution >= 0.6 is 0 Å². The summed E-state index contributed by atoms with van der Waals surface area (Å²) in [6.07, 6.45) is 4.73. The van der Waals surface area contributed by atoms with Gasteiger partial charge in [-0.3, -0.25) is 14.5 Å². The fraction of sp³-hybridized carbons (Fsp3) is 0.657. The number of aromatic amines is 1. The highest BCUT2D eigenvalue weighted by Crippen LogP contribution is 2.37. The van der Waals surface area contributed by atoms with E-state index >= 15 is 0 Å². The van der Waals surface area contributed by atoms with E-state index in [0.29, 0.717) is 23.2 Å². The minimum Gasteiger partial charge on any atom is -0.490 e. The number of pyridine rings is 1. The summed E-state index contributed by atoms with van der Waals surface area (Å²) in [7, 11) is 0. The molecule has 1 aromatic heterocycles. The van der Waals surface area contributed by atoms with Crippen molar-refractivity contribution in [1.29, 1.82) is 0 Å². The third kappa shape index (κ3) is 7.32. The van der Waals surface area contributed by atoms with Crippen LogP contribution < -0.4 is 20.5 Å². The van der Waals surface area contributed by atoms with Crippen molar-refractivity contribution in [1.82, 2.24) is 15.2 Å². The van der Waals surface area contributed by atoms with Gasteiger partial charge >= 0.3 is 0 Å². The Morgan fingerprint density at radius 1 is 0.977 bits per heavy atom. The van der Waals surface area contributed by atoms with E-state index in [1.165, 1.54) is 0 Å². The number of nitrogens with one attached hydrogen (secondary N) is 2. The molecule has 0 spiro atoms. The number of anilines is 1. The smallest absolute Gasteiger partial charge is 0.253 e. The van der Waals surface area contributed by atoms with E-state index in [-0.39, 0.29) is 48.5 Å². The lowest BCUT2D eigenvalue weighted by Crippen LogP contribution is -2.56. The molecule has 3 aliphatic rings. The number of morpholine rings is 1. The molecule has 1 aromatic carbocycles. The van der Waals surface area contributed by atoms with E-state index in [1.807, 2.05) is 32.9 Å². The maximum absolute atomic E-state index is 13.8. The molecule has 2 aliphatic heterocycles. The first kappa shape index (κ1) is 32.5. The quantitative estimate of drug-likeness (QED) is 0.412. The summed E-state index contributed by atoms with van der Waals surface area (Å²) >= 11 is 0. The molecule has 1 aliphatic carbocycles. The molecule has 2 saturated heterocycles. The van der Waals surface area contributed by atoms with Gasteiger partial charge in [-0.1, -0.05) is 0 Å². The van der Waals surface area contributed by atoms with Gasteiger partial charge in [-0.05, 0) is 91.5 Å². The van der Waals surface area contributed by atoms with Crippen LogP contribution in [0.15, 0.2) is 23.0 Å². The van der Waals surface area contributed by atoms with Crippen molar-refractivity contribution in [3.05, 3.63) is 56.5 Å². The first-order valence-corrected chi connectivity index (χ1v) is 16.5. The number of hydrogen-bond acceptors (Lipinski definition) is 7. The second-order valence-corrected chi connectivity index (χ2v) is 13.5. The van der Waals surface area contributed by atoms with Gasteiger partial charge < -0.3 is 29.4 Å². The number of H-pyrrole nitrogens is 1. The highest BCUT2D eigenvalue weighted by molar-refractivity contribution is 5.97. The van der Waals surface area contributed by atoms with Crippen molar-refractivity contribution >= 4 is 11.6 Å². The fourth-order valence-electron chi connectivity index (χ4n) is 7.53. The Bertz CT molecular complexity index is 1370. The molecule has 2 aromatic rings. The molecule has 1 saturated carbocycles. The van der Waals surface area contributed by atoms with Gasteiger partial charge in [0.05, 0.1) is 24.4 Å². The number of carbonyl (C=O) groups excluding carboxylic acids is 1. The molecule has 5 rings (SSSR count). The second kappa shape index (κ2) is 13.6. The minimum atomic E-state index is -0.207. The van der Waals surface area contributed by atoms with Gasteiger partial charge in [0.1, 0.15) is 11.9 Å². The largest absolute Gasteiger partial charge is 0.490 e. The standard InChI is InChI=1S/C35H52N4O5/c1-9-39(28-11-22(4)42-23(5)12-28)33-16-30(44-29-13-27(14-29)38-18-24(6)43-25(7)19-38)15-31(26(33)8)34(40)36-17-32-20(2)10-21(3)37-35(32)41/h10,15-16,22-25,27-29H,9,11-14,17-19H2,1-8H3,(H,36,40)(H,37,41)/t22-,23+,24-,25+,27-,28-,29+. The minimum absolute atomic E-state index is 0.104. The predicted molar refractivity (Wildman–Crippen MR) is 174 cm³/mol. The van der Waals surface area contributed by atoms with Crippen LogP contribution in [0.4, 0.5) is 5.69 Å². The SMILES string of the molecule is CCN(c1cc(O[C@H]2C[C@@H](N3C[C@@H](C)O[C@@H](C)C3)C2)cc(C(=O)NCc2c(C)cc(C)[nH]c2=O)c1C)[C@@H]1C[C@@H](C)O[C@@H](C)C1. The topological polar surface area (TPSA) is 96.1 Å². The molecule has 0 unspecified atom stereocenters. The fourth-order valence-corrected chi connectivity index (χ4v) is 7.53. The molecule has 242 valence electrons. The van der Waals surface area contributed by atoms with Crippen LogP contribution in [0.2, 0.25) is 0 Å². The summed E-state index contributed by atoms with van der Waals surface area (Å²) in [5, 5.41) is 3.03. The van der Waals surface area contributed by atoms with E-state index in [9.17, 15) is 9.59 Å². The zero-order valence-corrected chi connectivity index (χ0v) is 27.9. The third-order valence-corrected chi connectivity index (χ3v) is 9.62. The number of amides is 1. The Morgan fingerprint density at radius 2 is 1.61 bits per heavy atom. The first-order chi connectivity index (χ1) is 20.9. The van der Waals surface area contributed by atoms with Gasteiger partial charge in [0.25, 0.3) is 11.5 Å². The number of benzene rings is 1. The predicted octanol–water partition coefficient (Wildman–Crippen LogP) is 5.03. The van der Waals surface area contributed by atoms with Crippen molar-refractivity contribution in [2.75, 3.05) is 24.5 Å². The lowest BCUT2D eigenvalue weighted by atomic mass is 9.87. The Labute approximate surface area is 262 Å². The second-order valence-electron chi connectivity index (χ2n) is 13.5. The van der Waals surface area contributed by atoms with Crippen LogP contribution in [-0.2, 0) is 16.0 Å². The van der Waals surface area contributed by atoms with Crippen molar-refractivity contribution in [3.63, 3.8) is 0 Å². The van der Waals surface area contributed by atoms with Crippen molar-refractivity contribution in [3.8, 4) is 5.75 Å². The summed E-state index contributed by atoms with van der Waals surface area (Å²) in [5.74, 6) is 0.514. The lowest BCUT2D eigenvalue weighted by molar-refractivity contribution is -0.103. The zero-order valence-electron chi connectivity index (χ0n) is 27.9. The Balaban J connectivity index is 1.39. The van der Waals surface area contributed by atoms with E-state index in [4.69, 9.17) is 14.2 Å². The summed E-state index contributed by atoms with van der Waals surface area (Å²) in [4.78, 5) is 34.2. The Kier molecular flexibility index (Phi) is 10.1. The van der Waals surface area contributed by atoms with E-state index in [1.54, 1.807) is 0 Å². The molecule has 44 heavy (non-hydrogen) atoms. The molecule has 9 heteroatoms. The summed E-state index contributed by atoms with van der Waals surface area (Å²) in [6, 6.07) is 6.74. The molecule has 5 atom stereocenters. The summed E-state index contributed by atoms with van der Waals surface area (Å²) < 4.78 is 18.6. The van der Waals surface area contributed by atoms with Gasteiger partial charge in [0.15, 0.2) is 0 Å². The Morgan fingerprint density at radius 3 is 2.23 bits per heavy atom. The number of rotatable bonds is 9. The maximum atomic E-state index is 13.8. The molecular formula is C35H52N4O5. The van der Waals surface area contributed by atoms with Gasteiger partial charge in [-0.25, -0.2) is 0 Å². The number of ether oxygens (including phenoxy) is 3. The Hall–Kier alpha value is -2.88. The molecule has 2 N–H and O–H groups in total. The van der Waals surface area contributed by atoms with Gasteiger partial charge in [-0.15, -0.1) is 0 Å². The number of nitrogens with zero attached hydrogens (tertiary/aromatic N) is 2. The highest BCUT2D eigenvalue weighted by atomic mass is 16.5. The van der Waals surface area contributed by atoms with Crippen LogP contribution in [0.25, 0.3) is 0 Å². The van der Waals surface area contributed by atoms with Crippen LogP contribution in [0.3, 0.4) is 0 Å². The van der Waals surface area contributed by atoms with E-state index in [2.05, 4.69) is 60.8 Å². The number of carbonyl (C=O) groups is 1. The van der Waals surface area contributed by atoms with Gasteiger partial charge in [0, 0.05) is 79.7 Å². The van der Waals surface area contributed by atoms with Crippen molar-refractivity contribution < 1.29 is 19.0 Å². The number of aryl methyl sites for hydroxylation is 2. The van der Waals surface area contributed by atoms with Gasteiger partial charge in [-0.2, -0.15) is 0 Å². The average Bonchev–Trinajstić information content (AvgIpc) is 2.90. The third-order valence-electron chi connectivity index (χ3n) is 9.62. The summed E-state index contributed by atoms with van der Waals surface area (Å²) in [5.41, 5.74) is 4.60. The first-order valence-electron chi connectivity index (χ1n) is 16.5. The van der Waals surface area contributed by atoms with Crippen LogP contribution in [-0.4, -0.2) is 78.0 Å². The normalized spacial score (nSPS) is 29.1. The monoisotopic (exact) mass is 608 g/mol. The van der Waals surface area contributed by atoms with E-state index in [0.717, 1.165) is 73.6 Å². The molecule has 3 heterocycles. The summed E-state index contributed by atoms with van der Waals surface area (Å²) in [6.45, 7) is 19.4. The molecule has 0 bridgehead atoms. The van der Waals surface area contributed by atoms with Crippen LogP contribution in [0.5, 0.6) is 5.75 Å². The van der Waals surface area contributed by atoms with Crippen LogP contribution in [0, 0.1) is 20.8 Å². The number of hydrogen-bond donors (Lipinski definition) is 2. The highest BCUT2D eigenvalue weighted by Gasteiger charge is 2.38. The van der Waals surface area contributed by atoms with Gasteiger partial charge in [0.2, 0.25) is 0 Å². The molecule has 3 fully saturated rings. The molecule has 1 amide bonds. The van der Waals surface area contributed by atoms with Crippen molar-refractivity contribution in [2.24, 2.45) is 0 Å². The molecular weight excluding hydrogens is 556 g/mol.